The molecule has 8 heteroatoms. The molecule has 1 aliphatic heterocycles. The zero-order valence-corrected chi connectivity index (χ0v) is 10.8. The number of amides is 1. The topological polar surface area (TPSA) is 41.1 Å². The molecular weight excluding hydrogens is 295 g/mol. The van der Waals surface area contributed by atoms with Crippen LogP contribution < -0.4 is 10.6 Å². The van der Waals surface area contributed by atoms with Crippen molar-refractivity contribution < 1.29 is 26.7 Å². The zero-order valence-electron chi connectivity index (χ0n) is 10.8. The zero-order chi connectivity index (χ0) is 15.6. The summed E-state index contributed by atoms with van der Waals surface area (Å²) in [4.78, 5) is 11.8. The van der Waals surface area contributed by atoms with Crippen molar-refractivity contribution in [1.29, 1.82) is 0 Å². The smallest absolute Gasteiger partial charge is 0.348 e. The maximum Gasteiger partial charge on any atom is 0.403 e. The second-order valence-electron chi connectivity index (χ2n) is 4.85. The summed E-state index contributed by atoms with van der Waals surface area (Å²) in [7, 11) is 0. The molecule has 2 unspecified atom stereocenters. The van der Waals surface area contributed by atoms with Crippen LogP contribution in [0.25, 0.3) is 0 Å². The summed E-state index contributed by atoms with van der Waals surface area (Å²) in [5.74, 6) is -3.27. The Balaban J connectivity index is 1.95. The molecule has 2 rings (SSSR count). The first-order valence-corrected chi connectivity index (χ1v) is 6.34. The predicted molar refractivity (Wildman–Crippen MR) is 64.7 cm³/mol. The number of hydrogen-bond donors (Lipinski definition) is 2. The third-order valence-corrected chi connectivity index (χ3v) is 3.34. The first-order valence-electron chi connectivity index (χ1n) is 6.34. The predicted octanol–water partition coefficient (Wildman–Crippen LogP) is 2.38. The van der Waals surface area contributed by atoms with Crippen molar-refractivity contribution in [2.75, 3.05) is 6.54 Å². The van der Waals surface area contributed by atoms with E-state index in [4.69, 9.17) is 0 Å². The molecule has 116 valence electrons. The molecule has 21 heavy (non-hydrogen) atoms. The fraction of sp³-hybridized carbons (Fsp3) is 0.462. The second-order valence-corrected chi connectivity index (χ2v) is 4.85. The van der Waals surface area contributed by atoms with Gasteiger partial charge < -0.3 is 10.6 Å². The Morgan fingerprint density at radius 2 is 1.95 bits per heavy atom. The highest BCUT2D eigenvalue weighted by molar-refractivity contribution is 5.94. The van der Waals surface area contributed by atoms with Gasteiger partial charge in [-0.25, -0.2) is 8.78 Å². The normalized spacial score (nSPS) is 22.9. The van der Waals surface area contributed by atoms with E-state index in [1.807, 2.05) is 0 Å². The average molecular weight is 308 g/mol. The summed E-state index contributed by atoms with van der Waals surface area (Å²) in [6.45, 7) is -0.0765. The molecule has 0 aromatic heterocycles. The lowest BCUT2D eigenvalue weighted by Gasteiger charge is -2.31. The van der Waals surface area contributed by atoms with E-state index in [1.165, 1.54) is 6.07 Å². The van der Waals surface area contributed by atoms with Crippen LogP contribution in [0.1, 0.15) is 23.2 Å². The van der Waals surface area contributed by atoms with Crippen LogP contribution >= 0.6 is 0 Å². The number of hydrogen-bond acceptors (Lipinski definition) is 2. The number of benzene rings is 1. The van der Waals surface area contributed by atoms with Gasteiger partial charge in [0.05, 0.1) is 5.56 Å². The van der Waals surface area contributed by atoms with E-state index in [1.54, 1.807) is 0 Å². The highest BCUT2D eigenvalue weighted by Gasteiger charge is 2.41. The molecule has 1 heterocycles. The second kappa shape index (κ2) is 5.97. The van der Waals surface area contributed by atoms with Crippen LogP contribution in [0.15, 0.2) is 18.2 Å². The minimum atomic E-state index is -4.33. The number of carbonyl (C=O) groups excluding carboxylic acids is 1. The number of nitrogens with one attached hydrogen (secondary N) is 2. The van der Waals surface area contributed by atoms with Crippen LogP contribution in [0, 0.1) is 11.6 Å². The van der Waals surface area contributed by atoms with Crippen LogP contribution in [-0.4, -0.2) is 30.7 Å². The molecule has 1 aromatic rings. The first-order chi connectivity index (χ1) is 9.79. The van der Waals surface area contributed by atoms with Crippen LogP contribution in [-0.2, 0) is 0 Å². The van der Waals surface area contributed by atoms with Crippen molar-refractivity contribution in [3.8, 4) is 0 Å². The molecule has 1 fully saturated rings. The monoisotopic (exact) mass is 308 g/mol. The molecule has 2 atom stereocenters. The minimum absolute atomic E-state index is 0.0765. The molecule has 2 N–H and O–H groups in total. The fourth-order valence-electron chi connectivity index (χ4n) is 2.20. The lowest BCUT2D eigenvalue weighted by atomic mass is 10.00. The van der Waals surface area contributed by atoms with E-state index < -0.39 is 41.4 Å². The van der Waals surface area contributed by atoms with E-state index in [0.717, 1.165) is 12.1 Å². The van der Waals surface area contributed by atoms with E-state index in [2.05, 4.69) is 10.6 Å². The van der Waals surface area contributed by atoms with Crippen molar-refractivity contribution in [2.45, 2.75) is 31.1 Å². The van der Waals surface area contributed by atoms with Crippen molar-refractivity contribution in [2.24, 2.45) is 0 Å². The Morgan fingerprint density at radius 1 is 1.24 bits per heavy atom. The van der Waals surface area contributed by atoms with Crippen LogP contribution in [0.4, 0.5) is 22.0 Å². The van der Waals surface area contributed by atoms with Gasteiger partial charge in [-0.3, -0.25) is 4.79 Å². The number of rotatable bonds is 2. The molecular formula is C13H13F5N2O. The molecule has 1 saturated heterocycles. The number of piperidine rings is 1. The Hall–Kier alpha value is -1.70. The molecule has 3 nitrogen and oxygen atoms in total. The summed E-state index contributed by atoms with van der Waals surface area (Å²) in [5, 5.41) is 4.68. The van der Waals surface area contributed by atoms with Crippen LogP contribution in [0.5, 0.6) is 0 Å². The summed E-state index contributed by atoms with van der Waals surface area (Å²) < 4.78 is 63.8. The Kier molecular flexibility index (Phi) is 4.46. The first kappa shape index (κ1) is 15.7. The van der Waals surface area contributed by atoms with Gasteiger partial charge in [0.2, 0.25) is 0 Å². The summed E-state index contributed by atoms with van der Waals surface area (Å²) >= 11 is 0. The van der Waals surface area contributed by atoms with E-state index in [9.17, 15) is 26.7 Å². The van der Waals surface area contributed by atoms with Gasteiger partial charge in [0.15, 0.2) is 11.6 Å². The number of carbonyl (C=O) groups is 1. The van der Waals surface area contributed by atoms with Gasteiger partial charge in [-0.05, 0) is 25.0 Å². The van der Waals surface area contributed by atoms with Gasteiger partial charge in [0.1, 0.15) is 6.04 Å². The van der Waals surface area contributed by atoms with Gasteiger partial charge in [-0.2, -0.15) is 13.2 Å². The Labute approximate surface area is 117 Å². The molecule has 1 aromatic carbocycles. The molecule has 0 saturated carbocycles. The quantitative estimate of drug-likeness (QED) is 0.824. The maximum absolute atomic E-state index is 13.4. The number of alkyl halides is 3. The third-order valence-electron chi connectivity index (χ3n) is 3.34. The van der Waals surface area contributed by atoms with Crippen molar-refractivity contribution in [3.63, 3.8) is 0 Å². The van der Waals surface area contributed by atoms with Gasteiger partial charge in [0.25, 0.3) is 5.91 Å². The average Bonchev–Trinajstić information content (AvgIpc) is 2.41. The van der Waals surface area contributed by atoms with Crippen molar-refractivity contribution in [1.82, 2.24) is 10.6 Å². The highest BCUT2D eigenvalue weighted by atomic mass is 19.4. The lowest BCUT2D eigenvalue weighted by Crippen LogP contribution is -2.54. The summed E-state index contributed by atoms with van der Waals surface area (Å²) in [5.41, 5.74) is -0.465. The molecule has 0 bridgehead atoms. The van der Waals surface area contributed by atoms with Crippen molar-refractivity contribution in [3.05, 3.63) is 35.4 Å². The van der Waals surface area contributed by atoms with Crippen LogP contribution in [0.3, 0.4) is 0 Å². The van der Waals surface area contributed by atoms with Gasteiger partial charge in [-0.1, -0.05) is 6.07 Å². The third kappa shape index (κ3) is 3.69. The van der Waals surface area contributed by atoms with E-state index in [0.29, 0.717) is 0 Å². The summed E-state index contributed by atoms with van der Waals surface area (Å²) in [6.07, 6.45) is -4.40. The Bertz CT molecular complexity index is 524. The Morgan fingerprint density at radius 3 is 2.52 bits per heavy atom. The fourth-order valence-corrected chi connectivity index (χ4v) is 2.20. The van der Waals surface area contributed by atoms with Gasteiger partial charge in [-0.15, -0.1) is 0 Å². The molecule has 0 aliphatic carbocycles. The highest BCUT2D eigenvalue weighted by Crippen LogP contribution is 2.26. The van der Waals surface area contributed by atoms with E-state index >= 15 is 0 Å². The standard InChI is InChI=1S/C13H13F5N2O/c14-9-3-1-2-8(11(9)15)12(21)20-7-4-5-10(19-6-7)13(16,17)18/h1-3,7,10,19H,4-6H2,(H,20,21). The lowest BCUT2D eigenvalue weighted by molar-refractivity contribution is -0.160. The molecule has 0 radical (unpaired) electrons. The summed E-state index contributed by atoms with van der Waals surface area (Å²) in [6, 6.07) is 1.02. The van der Waals surface area contributed by atoms with Crippen molar-refractivity contribution >= 4 is 5.91 Å². The van der Waals surface area contributed by atoms with Gasteiger partial charge >= 0.3 is 6.18 Å². The van der Waals surface area contributed by atoms with Gasteiger partial charge in [0, 0.05) is 12.6 Å². The largest absolute Gasteiger partial charge is 0.403 e. The van der Waals surface area contributed by atoms with E-state index in [-0.39, 0.29) is 19.4 Å². The molecule has 1 amide bonds. The number of halogens is 5. The van der Waals surface area contributed by atoms with Crippen LogP contribution in [0.2, 0.25) is 0 Å². The molecule has 1 aliphatic rings. The minimum Gasteiger partial charge on any atom is -0.348 e. The SMILES string of the molecule is O=C(NC1CCC(C(F)(F)F)NC1)c1cccc(F)c1F. The molecule has 0 spiro atoms. The maximum atomic E-state index is 13.4.